The number of hydrogen-bond donors (Lipinski definition) is 3. The van der Waals surface area contributed by atoms with Crippen LogP contribution in [0.15, 0.2) is 83.9 Å². The zero-order chi connectivity index (χ0) is 25.3. The van der Waals surface area contributed by atoms with Crippen LogP contribution in [0.4, 0.5) is 5.69 Å². The van der Waals surface area contributed by atoms with E-state index >= 15 is 0 Å². The van der Waals surface area contributed by atoms with Crippen LogP contribution in [0.25, 0.3) is 17.0 Å². The molecule has 3 aromatic carbocycles. The van der Waals surface area contributed by atoms with Crippen LogP contribution in [0.1, 0.15) is 34.7 Å². The van der Waals surface area contributed by atoms with Gasteiger partial charge in [-0.15, -0.1) is 0 Å². The summed E-state index contributed by atoms with van der Waals surface area (Å²) < 4.78 is 29.4. The summed E-state index contributed by atoms with van der Waals surface area (Å²) in [5.74, 6) is -1.01. The first kappa shape index (κ1) is 23.8. The van der Waals surface area contributed by atoms with E-state index in [1.54, 1.807) is 34.6 Å². The Balaban J connectivity index is 1.50. The van der Waals surface area contributed by atoms with Gasteiger partial charge in [0.1, 0.15) is 0 Å². The average Bonchev–Trinajstić information content (AvgIpc) is 3.47. The topological polar surface area (TPSA) is 116 Å². The van der Waals surface area contributed by atoms with E-state index in [1.807, 2.05) is 48.7 Å². The Morgan fingerprint density at radius 2 is 1.89 bits per heavy atom. The lowest BCUT2D eigenvalue weighted by atomic mass is 10.0. The number of aromatic nitrogens is 1. The van der Waals surface area contributed by atoms with Crippen molar-refractivity contribution < 1.29 is 18.3 Å². The Hall–Kier alpha value is -3.88. The maximum atomic E-state index is 13.9. The summed E-state index contributed by atoms with van der Waals surface area (Å²) >= 11 is 0. The highest BCUT2D eigenvalue weighted by atomic mass is 32.2. The standard InChI is InChI=1S/C28H27N3O4S/c29-22-8-10-23(11-9-22)36(34,35)31(16-15-21-18-30-26-4-2-1-3-24(21)26)27-13-7-20-17-19(5-12-25(20)27)6-14-28(32)33/h1-6,8-12,14,17-18,27,30H,7,13,15-16,29H2,(H,32,33)/b14-6+. The maximum absolute atomic E-state index is 13.9. The number of anilines is 1. The Labute approximate surface area is 209 Å². The fraction of sp³-hybridized carbons (Fsp3) is 0.179. The van der Waals surface area contributed by atoms with E-state index in [4.69, 9.17) is 10.8 Å². The molecule has 4 N–H and O–H groups in total. The van der Waals surface area contributed by atoms with E-state index in [0.717, 1.165) is 45.7 Å². The molecular weight excluding hydrogens is 474 g/mol. The maximum Gasteiger partial charge on any atom is 0.328 e. The van der Waals surface area contributed by atoms with E-state index in [0.29, 0.717) is 25.1 Å². The summed E-state index contributed by atoms with van der Waals surface area (Å²) in [6.45, 7) is 0.319. The number of aliphatic carboxylic acids is 1. The molecule has 7 nitrogen and oxygen atoms in total. The molecule has 1 aliphatic rings. The van der Waals surface area contributed by atoms with E-state index in [2.05, 4.69) is 4.98 Å². The van der Waals surface area contributed by atoms with Gasteiger partial charge in [-0.2, -0.15) is 4.31 Å². The molecule has 0 aliphatic heterocycles. The van der Waals surface area contributed by atoms with Gasteiger partial charge >= 0.3 is 5.97 Å². The molecule has 8 heteroatoms. The van der Waals surface area contributed by atoms with Gasteiger partial charge in [-0.3, -0.25) is 0 Å². The lowest BCUT2D eigenvalue weighted by molar-refractivity contribution is -0.131. The van der Waals surface area contributed by atoms with Gasteiger partial charge in [-0.25, -0.2) is 13.2 Å². The number of nitrogens with one attached hydrogen (secondary N) is 1. The molecule has 4 aromatic rings. The Bertz CT molecular complexity index is 1560. The number of carboxylic acids is 1. The van der Waals surface area contributed by atoms with Crippen molar-refractivity contribution in [3.8, 4) is 0 Å². The highest BCUT2D eigenvalue weighted by Crippen LogP contribution is 2.39. The molecular formula is C28H27N3O4S. The summed E-state index contributed by atoms with van der Waals surface area (Å²) in [6.07, 6.45) is 6.54. The van der Waals surface area contributed by atoms with Crippen molar-refractivity contribution in [2.75, 3.05) is 12.3 Å². The number of nitrogens with two attached hydrogens (primary N) is 1. The van der Waals surface area contributed by atoms with Crippen molar-refractivity contribution in [2.24, 2.45) is 0 Å². The summed E-state index contributed by atoms with van der Waals surface area (Å²) in [5.41, 5.74) is 11.2. The highest BCUT2D eigenvalue weighted by Gasteiger charge is 2.36. The minimum Gasteiger partial charge on any atom is -0.478 e. The first-order chi connectivity index (χ1) is 17.3. The number of rotatable bonds is 8. The molecule has 5 rings (SSSR count). The minimum atomic E-state index is -3.81. The molecule has 0 amide bonds. The van der Waals surface area contributed by atoms with E-state index in [-0.39, 0.29) is 10.9 Å². The zero-order valence-corrected chi connectivity index (χ0v) is 20.4. The predicted molar refractivity (Wildman–Crippen MR) is 141 cm³/mol. The average molecular weight is 502 g/mol. The highest BCUT2D eigenvalue weighted by molar-refractivity contribution is 7.89. The number of carboxylic acid groups (broad SMARTS) is 1. The molecule has 184 valence electrons. The third-order valence-corrected chi connectivity index (χ3v) is 8.66. The molecule has 1 unspecified atom stereocenters. The molecule has 0 saturated heterocycles. The number of fused-ring (bicyclic) bond motifs is 2. The van der Waals surface area contributed by atoms with Gasteiger partial charge in [-0.1, -0.05) is 36.4 Å². The predicted octanol–water partition coefficient (Wildman–Crippen LogP) is 4.77. The van der Waals surface area contributed by atoms with Gasteiger partial charge in [0.2, 0.25) is 10.0 Å². The summed E-state index contributed by atoms with van der Waals surface area (Å²) in [4.78, 5) is 14.4. The van der Waals surface area contributed by atoms with Crippen LogP contribution in [0.2, 0.25) is 0 Å². The molecule has 0 fully saturated rings. The largest absolute Gasteiger partial charge is 0.478 e. The quantitative estimate of drug-likeness (QED) is 0.238. The van der Waals surface area contributed by atoms with Crippen molar-refractivity contribution in [3.05, 3.63) is 101 Å². The second-order valence-electron chi connectivity index (χ2n) is 8.98. The van der Waals surface area contributed by atoms with E-state index < -0.39 is 16.0 Å². The summed E-state index contributed by atoms with van der Waals surface area (Å²) in [6, 6.07) is 19.7. The van der Waals surface area contributed by atoms with E-state index in [9.17, 15) is 13.2 Å². The van der Waals surface area contributed by atoms with Gasteiger partial charge in [0.25, 0.3) is 0 Å². The fourth-order valence-corrected chi connectivity index (χ4v) is 6.61. The zero-order valence-electron chi connectivity index (χ0n) is 19.6. The van der Waals surface area contributed by atoms with Crippen molar-refractivity contribution in [3.63, 3.8) is 0 Å². The molecule has 1 aromatic heterocycles. The molecule has 0 spiro atoms. The van der Waals surface area contributed by atoms with Crippen LogP contribution in [0.5, 0.6) is 0 Å². The Kier molecular flexibility index (Phi) is 6.38. The van der Waals surface area contributed by atoms with Gasteiger partial charge in [0.15, 0.2) is 0 Å². The number of nitrogens with zero attached hydrogens (tertiary/aromatic N) is 1. The minimum absolute atomic E-state index is 0.213. The van der Waals surface area contributed by atoms with E-state index in [1.165, 1.54) is 0 Å². The number of aryl methyl sites for hydroxylation is 1. The number of benzene rings is 3. The van der Waals surface area contributed by atoms with Crippen LogP contribution >= 0.6 is 0 Å². The molecule has 36 heavy (non-hydrogen) atoms. The molecule has 1 heterocycles. The second-order valence-corrected chi connectivity index (χ2v) is 10.9. The SMILES string of the molecule is Nc1ccc(S(=O)(=O)N(CCc2c[nH]c3ccccc23)C2CCc3cc(/C=C/C(=O)O)ccc32)cc1. The van der Waals surface area contributed by atoms with Crippen molar-refractivity contribution in [2.45, 2.75) is 30.2 Å². The molecule has 1 atom stereocenters. The summed E-state index contributed by atoms with van der Waals surface area (Å²) in [5, 5.41) is 10.0. The molecule has 0 radical (unpaired) electrons. The van der Waals surface area contributed by atoms with Crippen LogP contribution < -0.4 is 5.73 Å². The number of aromatic amines is 1. The normalized spacial score (nSPS) is 15.6. The molecule has 0 bridgehead atoms. The van der Waals surface area contributed by atoms with Crippen molar-refractivity contribution >= 4 is 38.7 Å². The monoisotopic (exact) mass is 501 g/mol. The summed E-state index contributed by atoms with van der Waals surface area (Å²) in [7, 11) is -3.81. The van der Waals surface area contributed by atoms with Gasteiger partial charge in [0, 0.05) is 35.4 Å². The first-order valence-corrected chi connectivity index (χ1v) is 13.2. The number of hydrogen-bond acceptors (Lipinski definition) is 4. The van der Waals surface area contributed by atoms with Gasteiger partial charge < -0.3 is 15.8 Å². The third kappa shape index (κ3) is 4.65. The number of sulfonamides is 1. The number of nitrogen functional groups attached to an aromatic ring is 1. The third-order valence-electron chi connectivity index (χ3n) is 6.74. The Morgan fingerprint density at radius 3 is 2.67 bits per heavy atom. The number of H-pyrrole nitrogens is 1. The fourth-order valence-electron chi connectivity index (χ4n) is 4.97. The number of carbonyl (C=O) groups is 1. The lowest BCUT2D eigenvalue weighted by Gasteiger charge is -2.29. The van der Waals surface area contributed by atoms with Crippen LogP contribution in [-0.2, 0) is 27.7 Å². The van der Waals surface area contributed by atoms with Crippen LogP contribution in [-0.4, -0.2) is 35.3 Å². The van der Waals surface area contributed by atoms with Crippen molar-refractivity contribution in [1.29, 1.82) is 0 Å². The lowest BCUT2D eigenvalue weighted by Crippen LogP contribution is -2.35. The molecule has 1 aliphatic carbocycles. The Morgan fingerprint density at radius 1 is 1.11 bits per heavy atom. The van der Waals surface area contributed by atoms with Crippen molar-refractivity contribution in [1.82, 2.24) is 9.29 Å². The first-order valence-electron chi connectivity index (χ1n) is 11.8. The number of para-hydroxylation sites is 1. The molecule has 0 saturated carbocycles. The van der Waals surface area contributed by atoms with Crippen LogP contribution in [0, 0.1) is 0 Å². The smallest absolute Gasteiger partial charge is 0.328 e. The van der Waals surface area contributed by atoms with Gasteiger partial charge in [-0.05, 0) is 77.9 Å². The van der Waals surface area contributed by atoms with Crippen LogP contribution in [0.3, 0.4) is 0 Å². The van der Waals surface area contributed by atoms with Gasteiger partial charge in [0.05, 0.1) is 10.9 Å². The second kappa shape index (κ2) is 9.64.